The van der Waals surface area contributed by atoms with E-state index in [0.29, 0.717) is 19.3 Å². The van der Waals surface area contributed by atoms with Crippen molar-refractivity contribution in [2.45, 2.75) is 123 Å². The van der Waals surface area contributed by atoms with Crippen LogP contribution in [0.4, 0.5) is 4.79 Å². The molecule has 260 valence electrons. The standard InChI is InChI=1S/C36H55N5O5S/c1-9-12-16-36(11-3,19-24-15-17-47-21-24)40-34(46)39-30(35(6,7)8)33(45)41-20-25(10-2)27(22(4)5)28(41)32(44)38-26(18-23-13-14-23)29(42)31(37)43/h2,15,17,21-23,25-28,30H,9,11-14,16,18-20H2,1,3-8H3,(H2,37,43)(H,38,44)(H2,39,40,46)/t25?,26?,27-,28-,30+,36?/m0/s1. The van der Waals surface area contributed by atoms with E-state index < -0.39 is 70.5 Å². The van der Waals surface area contributed by atoms with Gasteiger partial charge in [0.05, 0.1) is 6.04 Å². The minimum atomic E-state index is -1.11. The highest BCUT2D eigenvalue weighted by Crippen LogP contribution is 2.38. The Kier molecular flexibility index (Phi) is 13.1. The van der Waals surface area contributed by atoms with Gasteiger partial charge in [-0.25, -0.2) is 4.79 Å². The van der Waals surface area contributed by atoms with Gasteiger partial charge in [0.25, 0.3) is 5.91 Å². The maximum Gasteiger partial charge on any atom is 0.315 e. The molecule has 3 unspecified atom stereocenters. The van der Waals surface area contributed by atoms with E-state index in [1.807, 2.05) is 40.0 Å². The van der Waals surface area contributed by atoms with Crippen molar-refractivity contribution in [3.8, 4) is 12.3 Å². The van der Waals surface area contributed by atoms with Gasteiger partial charge in [-0.2, -0.15) is 11.3 Å². The van der Waals surface area contributed by atoms with Crippen molar-refractivity contribution in [1.29, 1.82) is 0 Å². The molecule has 0 bridgehead atoms. The zero-order chi connectivity index (χ0) is 35.1. The number of Topliss-reactive ketones (excluding diaryl/α,β-unsaturated/α-hetero) is 1. The monoisotopic (exact) mass is 669 g/mol. The van der Waals surface area contributed by atoms with E-state index in [4.69, 9.17) is 12.2 Å². The number of nitrogens with zero attached hydrogens (tertiary/aromatic N) is 1. The van der Waals surface area contributed by atoms with E-state index in [2.05, 4.69) is 47.2 Å². The van der Waals surface area contributed by atoms with Crippen LogP contribution in [-0.4, -0.2) is 64.6 Å². The number of carbonyl (C=O) groups is 5. The number of nitrogens with one attached hydrogen (secondary N) is 3. The van der Waals surface area contributed by atoms with Crippen LogP contribution in [0.1, 0.15) is 99.0 Å². The predicted octanol–water partition coefficient (Wildman–Crippen LogP) is 4.42. The van der Waals surface area contributed by atoms with Crippen LogP contribution >= 0.6 is 11.3 Å². The summed E-state index contributed by atoms with van der Waals surface area (Å²) in [6.45, 7) is 13.8. The SMILES string of the molecule is C#CC1CN(C(=O)[C@@H](NC(=O)NC(CC)(CCCC)Cc2ccsc2)C(C)(C)C)[C@H](C(=O)NC(CC2CC2)C(=O)C(N)=O)[C@H]1C(C)C. The average Bonchev–Trinajstić information content (AvgIpc) is 3.51. The molecule has 1 aromatic rings. The van der Waals surface area contributed by atoms with E-state index >= 15 is 0 Å². The zero-order valence-electron chi connectivity index (χ0n) is 29.2. The number of hydrogen-bond acceptors (Lipinski definition) is 6. The average molecular weight is 670 g/mol. The van der Waals surface area contributed by atoms with Gasteiger partial charge in [-0.05, 0) is 65.3 Å². The van der Waals surface area contributed by atoms with Crippen molar-refractivity contribution in [2.75, 3.05) is 6.54 Å². The molecular weight excluding hydrogens is 614 g/mol. The Morgan fingerprint density at radius 1 is 1.13 bits per heavy atom. The second-order valence-electron chi connectivity index (χ2n) is 14.9. The van der Waals surface area contributed by atoms with E-state index in [0.717, 1.165) is 37.7 Å². The quantitative estimate of drug-likeness (QED) is 0.152. The van der Waals surface area contributed by atoms with Crippen LogP contribution in [0.5, 0.6) is 0 Å². The van der Waals surface area contributed by atoms with E-state index in [1.54, 1.807) is 11.3 Å². The normalized spacial score (nSPS) is 22.1. The number of unbranched alkanes of at least 4 members (excludes halogenated alkanes) is 1. The predicted molar refractivity (Wildman–Crippen MR) is 185 cm³/mol. The van der Waals surface area contributed by atoms with Gasteiger partial charge in [0, 0.05) is 23.9 Å². The summed E-state index contributed by atoms with van der Waals surface area (Å²) in [6.07, 6.45) is 12.2. The Morgan fingerprint density at radius 3 is 2.30 bits per heavy atom. The van der Waals surface area contributed by atoms with E-state index in [1.165, 1.54) is 4.90 Å². The minimum absolute atomic E-state index is 0.0801. The van der Waals surface area contributed by atoms with Gasteiger partial charge in [0.2, 0.25) is 17.6 Å². The van der Waals surface area contributed by atoms with Crippen molar-refractivity contribution in [1.82, 2.24) is 20.9 Å². The van der Waals surface area contributed by atoms with Gasteiger partial charge in [-0.1, -0.05) is 74.1 Å². The lowest BCUT2D eigenvalue weighted by atomic mass is 9.81. The zero-order valence-corrected chi connectivity index (χ0v) is 30.0. The van der Waals surface area contributed by atoms with Gasteiger partial charge in [0.1, 0.15) is 12.1 Å². The number of rotatable bonds is 16. The fourth-order valence-electron chi connectivity index (χ4n) is 6.87. The van der Waals surface area contributed by atoms with Crippen LogP contribution in [0.25, 0.3) is 0 Å². The molecule has 5 N–H and O–H groups in total. The molecule has 0 aromatic carbocycles. The van der Waals surface area contributed by atoms with Crippen LogP contribution in [0.2, 0.25) is 0 Å². The number of ketones is 1. The molecule has 47 heavy (non-hydrogen) atoms. The molecule has 1 saturated carbocycles. The summed E-state index contributed by atoms with van der Waals surface area (Å²) in [5.74, 6) is -0.840. The van der Waals surface area contributed by atoms with Gasteiger partial charge in [0.15, 0.2) is 0 Å². The van der Waals surface area contributed by atoms with Crippen molar-refractivity contribution < 1.29 is 24.0 Å². The molecule has 10 nitrogen and oxygen atoms in total. The fraction of sp³-hybridized carbons (Fsp3) is 0.694. The first-order valence-electron chi connectivity index (χ1n) is 17.1. The molecule has 1 aliphatic carbocycles. The third-order valence-electron chi connectivity index (χ3n) is 9.81. The van der Waals surface area contributed by atoms with Gasteiger partial charge in [-0.15, -0.1) is 12.3 Å². The Hall–Kier alpha value is -3.39. The molecule has 0 spiro atoms. The lowest BCUT2D eigenvalue weighted by Crippen LogP contribution is -2.62. The number of hydrogen-bond donors (Lipinski definition) is 4. The number of primary amides is 1. The van der Waals surface area contributed by atoms with Gasteiger partial charge in [-0.3, -0.25) is 19.2 Å². The number of nitrogens with two attached hydrogens (primary N) is 1. The molecule has 2 heterocycles. The fourth-order valence-corrected chi connectivity index (χ4v) is 7.53. The van der Waals surface area contributed by atoms with Crippen LogP contribution in [0, 0.1) is 41.4 Å². The Balaban J connectivity index is 1.92. The van der Waals surface area contributed by atoms with Gasteiger partial charge < -0.3 is 26.6 Å². The van der Waals surface area contributed by atoms with E-state index in [9.17, 15) is 24.0 Å². The number of carbonyl (C=O) groups excluding carboxylic acids is 5. The summed E-state index contributed by atoms with van der Waals surface area (Å²) < 4.78 is 0. The lowest BCUT2D eigenvalue weighted by Gasteiger charge is -2.39. The summed E-state index contributed by atoms with van der Waals surface area (Å²) >= 11 is 1.62. The molecular formula is C36H55N5O5S. The lowest BCUT2D eigenvalue weighted by molar-refractivity contribution is -0.144. The first kappa shape index (κ1) is 38.1. The number of amides is 5. The number of thiophene rings is 1. The van der Waals surface area contributed by atoms with Crippen LogP contribution in [-0.2, 0) is 25.6 Å². The number of terminal acetylenes is 1. The molecule has 1 aliphatic heterocycles. The second kappa shape index (κ2) is 16.1. The number of urea groups is 1. The minimum Gasteiger partial charge on any atom is -0.363 e. The summed E-state index contributed by atoms with van der Waals surface area (Å²) in [4.78, 5) is 68.5. The van der Waals surface area contributed by atoms with E-state index in [-0.39, 0.29) is 18.4 Å². The molecule has 11 heteroatoms. The summed E-state index contributed by atoms with van der Waals surface area (Å²) in [5.41, 5.74) is 5.26. The topological polar surface area (TPSA) is 151 Å². The highest BCUT2D eigenvalue weighted by molar-refractivity contribution is 7.07. The second-order valence-corrected chi connectivity index (χ2v) is 15.7. The maximum atomic E-state index is 14.5. The Bertz CT molecular complexity index is 1310. The molecule has 6 atom stereocenters. The molecule has 2 aliphatic rings. The highest BCUT2D eigenvalue weighted by Gasteiger charge is 2.52. The summed E-state index contributed by atoms with van der Waals surface area (Å²) in [6, 6.07) is -1.44. The smallest absolute Gasteiger partial charge is 0.315 e. The van der Waals surface area contributed by atoms with Gasteiger partial charge >= 0.3 is 6.03 Å². The number of likely N-dealkylation sites (tertiary alicyclic amines) is 1. The first-order chi connectivity index (χ1) is 22.1. The van der Waals surface area contributed by atoms with Crippen molar-refractivity contribution in [3.63, 3.8) is 0 Å². The molecule has 5 amide bonds. The molecule has 2 fully saturated rings. The largest absolute Gasteiger partial charge is 0.363 e. The van der Waals surface area contributed by atoms with Crippen molar-refractivity contribution in [3.05, 3.63) is 22.4 Å². The van der Waals surface area contributed by atoms with Crippen molar-refractivity contribution >= 4 is 40.9 Å². The first-order valence-corrected chi connectivity index (χ1v) is 18.0. The molecule has 0 radical (unpaired) electrons. The van der Waals surface area contributed by atoms with Crippen LogP contribution in [0.3, 0.4) is 0 Å². The summed E-state index contributed by atoms with van der Waals surface area (Å²) in [7, 11) is 0. The summed E-state index contributed by atoms with van der Waals surface area (Å²) in [5, 5.41) is 13.1. The third-order valence-corrected chi connectivity index (χ3v) is 10.5. The molecule has 1 saturated heterocycles. The highest BCUT2D eigenvalue weighted by atomic mass is 32.1. The molecule has 1 aromatic heterocycles. The van der Waals surface area contributed by atoms with Crippen LogP contribution in [0.15, 0.2) is 16.8 Å². The maximum absolute atomic E-state index is 14.5. The van der Waals surface area contributed by atoms with Crippen LogP contribution < -0.4 is 21.7 Å². The Labute approximate surface area is 284 Å². The Morgan fingerprint density at radius 2 is 1.81 bits per heavy atom. The van der Waals surface area contributed by atoms with Crippen molar-refractivity contribution in [2.24, 2.45) is 34.8 Å². The third kappa shape index (κ3) is 9.82. The molecule has 3 rings (SSSR count).